The van der Waals surface area contributed by atoms with Gasteiger partial charge in [-0.3, -0.25) is 9.97 Å². The highest BCUT2D eigenvalue weighted by Crippen LogP contribution is 2.36. The Balaban J connectivity index is 1.83. The lowest BCUT2D eigenvalue weighted by molar-refractivity contribution is 0.814. The molecule has 0 aliphatic carbocycles. The monoisotopic (exact) mass is 421 g/mol. The maximum absolute atomic E-state index is 5.07. The first kappa shape index (κ1) is 21.8. The predicted molar refractivity (Wildman–Crippen MR) is 134 cm³/mol. The summed E-state index contributed by atoms with van der Waals surface area (Å²) in [5.41, 5.74) is 8.11. The number of nitrogens with one attached hydrogen (secondary N) is 1. The van der Waals surface area contributed by atoms with Crippen molar-refractivity contribution >= 4 is 5.69 Å². The molecule has 162 valence electrons. The summed E-state index contributed by atoms with van der Waals surface area (Å²) in [5.74, 6) is 0.840. The zero-order valence-electron chi connectivity index (χ0n) is 19.3. The highest BCUT2D eigenvalue weighted by Gasteiger charge is 2.21. The van der Waals surface area contributed by atoms with Gasteiger partial charge in [0.25, 0.3) is 0 Å². The Morgan fingerprint density at radius 3 is 1.91 bits per heavy atom. The van der Waals surface area contributed by atoms with E-state index in [-0.39, 0.29) is 6.04 Å². The van der Waals surface area contributed by atoms with Gasteiger partial charge < -0.3 is 5.32 Å². The lowest BCUT2D eigenvalue weighted by atomic mass is 9.91. The summed E-state index contributed by atoms with van der Waals surface area (Å²) in [5, 5.41) is 3.92. The van der Waals surface area contributed by atoms with Gasteiger partial charge in [-0.2, -0.15) is 0 Å². The van der Waals surface area contributed by atoms with Gasteiger partial charge in [0.15, 0.2) is 0 Å². The Hall–Kier alpha value is -3.46. The van der Waals surface area contributed by atoms with Gasteiger partial charge in [0.2, 0.25) is 0 Å². The molecule has 3 nitrogen and oxygen atoms in total. The second-order valence-electron chi connectivity index (χ2n) is 8.79. The number of rotatable bonds is 7. The molecule has 4 rings (SSSR count). The number of pyridine rings is 2. The molecule has 0 bridgehead atoms. The van der Waals surface area contributed by atoms with Crippen LogP contribution in [0.3, 0.4) is 0 Å². The number of benzene rings is 2. The van der Waals surface area contributed by atoms with Crippen LogP contribution in [0, 0.1) is 0 Å². The molecule has 1 unspecified atom stereocenters. The third-order valence-electron chi connectivity index (χ3n) is 5.84. The Labute approximate surface area is 191 Å². The van der Waals surface area contributed by atoms with E-state index in [1.807, 2.05) is 24.5 Å². The maximum Gasteiger partial charge on any atom is 0.0940 e. The normalized spacial score (nSPS) is 12.2. The van der Waals surface area contributed by atoms with Crippen LogP contribution in [0.2, 0.25) is 0 Å². The summed E-state index contributed by atoms with van der Waals surface area (Å²) < 4.78 is 0. The number of nitrogens with zero attached hydrogens (tertiary/aromatic N) is 2. The van der Waals surface area contributed by atoms with Crippen LogP contribution in [-0.2, 0) is 0 Å². The van der Waals surface area contributed by atoms with Gasteiger partial charge in [-0.05, 0) is 52.8 Å². The van der Waals surface area contributed by atoms with Crippen molar-refractivity contribution in [1.29, 1.82) is 0 Å². The Morgan fingerprint density at radius 2 is 1.28 bits per heavy atom. The first-order valence-electron chi connectivity index (χ1n) is 11.4. The van der Waals surface area contributed by atoms with E-state index in [4.69, 9.17) is 4.98 Å². The maximum atomic E-state index is 5.07. The molecule has 0 spiro atoms. The van der Waals surface area contributed by atoms with E-state index < -0.39 is 0 Å². The molecule has 0 aliphatic rings. The van der Waals surface area contributed by atoms with Crippen molar-refractivity contribution in [2.45, 2.75) is 45.6 Å². The number of aromatic nitrogens is 2. The fourth-order valence-corrected chi connectivity index (χ4v) is 4.13. The molecule has 4 aromatic rings. The number of hydrogen-bond donors (Lipinski definition) is 1. The Morgan fingerprint density at radius 1 is 0.656 bits per heavy atom. The molecule has 3 heteroatoms. The van der Waals surface area contributed by atoms with E-state index >= 15 is 0 Å². The zero-order chi connectivity index (χ0) is 22.5. The highest BCUT2D eigenvalue weighted by atomic mass is 15.0. The van der Waals surface area contributed by atoms with E-state index in [2.05, 4.69) is 105 Å². The average molecular weight is 422 g/mol. The molecule has 2 aromatic heterocycles. The number of para-hydroxylation sites is 1. The lowest BCUT2D eigenvalue weighted by Crippen LogP contribution is -2.17. The molecular formula is C29H31N3. The minimum absolute atomic E-state index is 0.0598. The molecule has 0 saturated heterocycles. The lowest BCUT2D eigenvalue weighted by Gasteiger charge is -2.27. The van der Waals surface area contributed by atoms with E-state index in [0.717, 1.165) is 17.0 Å². The summed E-state index contributed by atoms with van der Waals surface area (Å²) in [6, 6.07) is 27.4. The van der Waals surface area contributed by atoms with Gasteiger partial charge in [-0.1, -0.05) is 82.3 Å². The molecule has 0 radical (unpaired) electrons. The molecular weight excluding hydrogens is 390 g/mol. The molecule has 2 aromatic carbocycles. The van der Waals surface area contributed by atoms with Gasteiger partial charge in [0.1, 0.15) is 0 Å². The van der Waals surface area contributed by atoms with Crippen LogP contribution in [0.1, 0.15) is 68.0 Å². The smallest absolute Gasteiger partial charge is 0.0940 e. The van der Waals surface area contributed by atoms with Crippen molar-refractivity contribution in [3.05, 3.63) is 114 Å². The van der Waals surface area contributed by atoms with Gasteiger partial charge in [-0.15, -0.1) is 0 Å². The van der Waals surface area contributed by atoms with Gasteiger partial charge in [0, 0.05) is 23.6 Å². The van der Waals surface area contributed by atoms with Crippen LogP contribution in [0.15, 0.2) is 91.3 Å². The zero-order valence-corrected chi connectivity index (χ0v) is 19.3. The van der Waals surface area contributed by atoms with Gasteiger partial charge in [-0.25, -0.2) is 0 Å². The summed E-state index contributed by atoms with van der Waals surface area (Å²) in [4.78, 5) is 9.22. The SMILES string of the molecule is CC(C)c1cccc(C(C)C)c1NC(c1ccccc1)c1cccc(-c2ccncc2)n1. The van der Waals surface area contributed by atoms with E-state index in [1.54, 1.807) is 0 Å². The summed E-state index contributed by atoms with van der Waals surface area (Å²) in [6.07, 6.45) is 3.62. The van der Waals surface area contributed by atoms with E-state index in [0.29, 0.717) is 11.8 Å². The largest absolute Gasteiger partial charge is 0.372 e. The Bertz CT molecular complexity index is 1130. The van der Waals surface area contributed by atoms with Gasteiger partial charge >= 0.3 is 0 Å². The second-order valence-corrected chi connectivity index (χ2v) is 8.79. The first-order chi connectivity index (χ1) is 15.5. The summed E-state index contributed by atoms with van der Waals surface area (Å²) in [7, 11) is 0. The molecule has 1 N–H and O–H groups in total. The molecule has 0 saturated carbocycles. The quantitative estimate of drug-likeness (QED) is 0.334. The molecule has 0 fully saturated rings. The standard InChI is InChI=1S/C29H31N3/c1-20(2)24-12-8-13-25(21(3)4)29(24)32-28(23-10-6-5-7-11-23)27-15-9-14-26(31-27)22-16-18-30-19-17-22/h5-21,28,32H,1-4H3. The first-order valence-corrected chi connectivity index (χ1v) is 11.4. The van der Waals surface area contributed by atoms with Crippen LogP contribution < -0.4 is 5.32 Å². The number of anilines is 1. The van der Waals surface area contributed by atoms with Crippen molar-refractivity contribution in [3.63, 3.8) is 0 Å². The minimum Gasteiger partial charge on any atom is -0.372 e. The molecule has 2 heterocycles. The fourth-order valence-electron chi connectivity index (χ4n) is 4.13. The topological polar surface area (TPSA) is 37.8 Å². The summed E-state index contributed by atoms with van der Waals surface area (Å²) >= 11 is 0. The molecule has 0 amide bonds. The average Bonchev–Trinajstić information content (AvgIpc) is 2.83. The van der Waals surface area contributed by atoms with Crippen LogP contribution >= 0.6 is 0 Å². The molecule has 32 heavy (non-hydrogen) atoms. The number of hydrogen-bond acceptors (Lipinski definition) is 3. The van der Waals surface area contributed by atoms with Crippen molar-refractivity contribution < 1.29 is 0 Å². The van der Waals surface area contributed by atoms with Crippen molar-refractivity contribution in [2.75, 3.05) is 5.32 Å². The van der Waals surface area contributed by atoms with Crippen LogP contribution in [0.25, 0.3) is 11.3 Å². The van der Waals surface area contributed by atoms with Crippen LogP contribution in [-0.4, -0.2) is 9.97 Å². The second kappa shape index (κ2) is 9.78. The third kappa shape index (κ3) is 4.72. The van der Waals surface area contributed by atoms with E-state index in [1.165, 1.54) is 22.4 Å². The third-order valence-corrected chi connectivity index (χ3v) is 5.84. The van der Waals surface area contributed by atoms with Crippen LogP contribution in [0.5, 0.6) is 0 Å². The van der Waals surface area contributed by atoms with Crippen LogP contribution in [0.4, 0.5) is 5.69 Å². The summed E-state index contributed by atoms with van der Waals surface area (Å²) in [6.45, 7) is 9.02. The highest BCUT2D eigenvalue weighted by molar-refractivity contribution is 5.63. The van der Waals surface area contributed by atoms with Gasteiger partial charge in [0.05, 0.1) is 17.4 Å². The Kier molecular flexibility index (Phi) is 6.65. The van der Waals surface area contributed by atoms with Crippen molar-refractivity contribution in [1.82, 2.24) is 9.97 Å². The minimum atomic E-state index is -0.0598. The van der Waals surface area contributed by atoms with Crippen molar-refractivity contribution in [2.24, 2.45) is 0 Å². The van der Waals surface area contributed by atoms with Crippen molar-refractivity contribution in [3.8, 4) is 11.3 Å². The molecule has 0 aliphatic heterocycles. The van der Waals surface area contributed by atoms with E-state index in [9.17, 15) is 0 Å². The molecule has 1 atom stereocenters. The predicted octanol–water partition coefficient (Wildman–Crippen LogP) is 7.59. The fraction of sp³-hybridized carbons (Fsp3) is 0.241.